The van der Waals surface area contributed by atoms with E-state index in [4.69, 9.17) is 10.2 Å². The standard InChI is InChI=1S/C52H102O4/c53-51(54)49-47-45-43-41-39-37-35-33-31-29-27-25-23-21-19-17-15-13-11-9-7-5-3-1-2-4-6-8-10-12-14-16-18-20-22-24-26-28-30-32-34-36-38-40-42-44-46-48-50-52(55)56/h1-50H2,(H,53,54)(H,55,56). The van der Waals surface area contributed by atoms with E-state index in [1.54, 1.807) is 0 Å². The van der Waals surface area contributed by atoms with Gasteiger partial charge in [0.25, 0.3) is 0 Å². The van der Waals surface area contributed by atoms with Crippen molar-refractivity contribution in [2.45, 2.75) is 321 Å². The van der Waals surface area contributed by atoms with E-state index in [2.05, 4.69) is 0 Å². The number of hydrogen-bond donors (Lipinski definition) is 2. The molecule has 0 aromatic rings. The highest BCUT2D eigenvalue weighted by molar-refractivity contribution is 5.66. The summed E-state index contributed by atoms with van der Waals surface area (Å²) in [7, 11) is 0. The molecule has 0 saturated heterocycles. The molecular weight excluding hydrogens is 689 g/mol. The number of carboxylic acids is 2. The first kappa shape index (κ1) is 54.9. The summed E-state index contributed by atoms with van der Waals surface area (Å²) in [6.45, 7) is 0. The molecule has 4 heteroatoms. The van der Waals surface area contributed by atoms with Gasteiger partial charge in [0.05, 0.1) is 0 Å². The molecule has 0 rings (SSSR count). The highest BCUT2D eigenvalue weighted by Gasteiger charge is 2.00. The van der Waals surface area contributed by atoms with Crippen LogP contribution in [0.4, 0.5) is 0 Å². The molecule has 0 radical (unpaired) electrons. The topological polar surface area (TPSA) is 74.6 Å². The average Bonchev–Trinajstić information content (AvgIpc) is 3.18. The Morgan fingerprint density at radius 3 is 0.304 bits per heavy atom. The van der Waals surface area contributed by atoms with Crippen LogP contribution >= 0.6 is 0 Å². The van der Waals surface area contributed by atoms with E-state index in [-0.39, 0.29) is 0 Å². The number of unbranched alkanes of at least 4 members (excludes halogenated alkanes) is 47. The second-order valence-corrected chi connectivity index (χ2v) is 18.3. The normalized spacial score (nSPS) is 11.5. The Hall–Kier alpha value is -1.06. The molecule has 0 aliphatic heterocycles. The van der Waals surface area contributed by atoms with E-state index in [1.165, 1.54) is 283 Å². The molecule has 0 aliphatic rings. The van der Waals surface area contributed by atoms with Crippen molar-refractivity contribution in [1.29, 1.82) is 0 Å². The fraction of sp³-hybridized carbons (Fsp3) is 0.962. The summed E-state index contributed by atoms with van der Waals surface area (Å²) in [5.74, 6) is -1.30. The summed E-state index contributed by atoms with van der Waals surface area (Å²) in [6.07, 6.45) is 67.3. The summed E-state index contributed by atoms with van der Waals surface area (Å²) >= 11 is 0. The molecule has 334 valence electrons. The van der Waals surface area contributed by atoms with Gasteiger partial charge in [0.1, 0.15) is 0 Å². The van der Waals surface area contributed by atoms with Gasteiger partial charge in [0.15, 0.2) is 0 Å². The number of aliphatic carboxylic acids is 2. The molecule has 0 unspecified atom stereocenters. The summed E-state index contributed by atoms with van der Waals surface area (Å²) in [4.78, 5) is 21.0. The maximum atomic E-state index is 10.5. The minimum atomic E-state index is -0.649. The quantitative estimate of drug-likeness (QED) is 0.0602. The average molecular weight is 791 g/mol. The van der Waals surface area contributed by atoms with Gasteiger partial charge in [0, 0.05) is 12.8 Å². The summed E-state index contributed by atoms with van der Waals surface area (Å²) < 4.78 is 0. The molecule has 0 spiro atoms. The number of carbonyl (C=O) groups is 2. The Labute approximate surface area is 351 Å². The van der Waals surface area contributed by atoms with Gasteiger partial charge in [-0.3, -0.25) is 9.59 Å². The van der Waals surface area contributed by atoms with Crippen LogP contribution in [0.5, 0.6) is 0 Å². The van der Waals surface area contributed by atoms with Crippen molar-refractivity contribution >= 4 is 11.9 Å². The van der Waals surface area contributed by atoms with Crippen molar-refractivity contribution in [3.05, 3.63) is 0 Å². The van der Waals surface area contributed by atoms with E-state index in [0.717, 1.165) is 25.7 Å². The Morgan fingerprint density at radius 2 is 0.232 bits per heavy atom. The summed E-state index contributed by atoms with van der Waals surface area (Å²) in [5.41, 5.74) is 0. The molecule has 0 amide bonds. The van der Waals surface area contributed by atoms with Gasteiger partial charge in [-0.05, 0) is 12.8 Å². The zero-order chi connectivity index (χ0) is 40.5. The molecule has 4 nitrogen and oxygen atoms in total. The predicted molar refractivity (Wildman–Crippen MR) is 246 cm³/mol. The van der Waals surface area contributed by atoms with Crippen LogP contribution in [0.1, 0.15) is 321 Å². The second-order valence-electron chi connectivity index (χ2n) is 18.3. The maximum Gasteiger partial charge on any atom is 0.303 e. The lowest BCUT2D eigenvalue weighted by Gasteiger charge is -2.05. The van der Waals surface area contributed by atoms with Gasteiger partial charge < -0.3 is 10.2 Å². The monoisotopic (exact) mass is 791 g/mol. The van der Waals surface area contributed by atoms with Crippen LogP contribution in [0.15, 0.2) is 0 Å². The zero-order valence-corrected chi connectivity index (χ0v) is 38.1. The van der Waals surface area contributed by atoms with Gasteiger partial charge in [-0.1, -0.05) is 295 Å². The Morgan fingerprint density at radius 1 is 0.161 bits per heavy atom. The lowest BCUT2D eigenvalue weighted by Crippen LogP contribution is -1.93. The van der Waals surface area contributed by atoms with Crippen molar-refractivity contribution in [3.63, 3.8) is 0 Å². The van der Waals surface area contributed by atoms with E-state index in [1.807, 2.05) is 0 Å². The summed E-state index contributed by atoms with van der Waals surface area (Å²) in [6, 6.07) is 0. The highest BCUT2D eigenvalue weighted by Crippen LogP contribution is 2.19. The van der Waals surface area contributed by atoms with Crippen LogP contribution < -0.4 is 0 Å². The second kappa shape index (κ2) is 50.1. The van der Waals surface area contributed by atoms with Crippen LogP contribution in [0.2, 0.25) is 0 Å². The molecule has 0 atom stereocenters. The van der Waals surface area contributed by atoms with Gasteiger partial charge in [0.2, 0.25) is 0 Å². The largest absolute Gasteiger partial charge is 0.481 e. The third-order valence-electron chi connectivity index (χ3n) is 12.5. The van der Waals surface area contributed by atoms with E-state index in [0.29, 0.717) is 12.8 Å². The van der Waals surface area contributed by atoms with Crippen LogP contribution in [-0.4, -0.2) is 22.2 Å². The van der Waals surface area contributed by atoms with Crippen LogP contribution in [0, 0.1) is 0 Å². The molecule has 0 aromatic carbocycles. The third-order valence-corrected chi connectivity index (χ3v) is 12.5. The third kappa shape index (κ3) is 52.9. The minimum absolute atomic E-state index is 0.343. The Kier molecular flexibility index (Phi) is 49.1. The van der Waals surface area contributed by atoms with E-state index < -0.39 is 11.9 Å². The van der Waals surface area contributed by atoms with Crippen molar-refractivity contribution in [2.24, 2.45) is 0 Å². The van der Waals surface area contributed by atoms with Gasteiger partial charge in [-0.2, -0.15) is 0 Å². The van der Waals surface area contributed by atoms with Gasteiger partial charge >= 0.3 is 11.9 Å². The van der Waals surface area contributed by atoms with Crippen LogP contribution in [0.3, 0.4) is 0 Å². The summed E-state index contributed by atoms with van der Waals surface area (Å²) in [5, 5.41) is 17.3. The minimum Gasteiger partial charge on any atom is -0.481 e. The Bertz CT molecular complexity index is 689. The van der Waals surface area contributed by atoms with Crippen LogP contribution in [-0.2, 0) is 9.59 Å². The zero-order valence-electron chi connectivity index (χ0n) is 38.1. The van der Waals surface area contributed by atoms with E-state index >= 15 is 0 Å². The maximum absolute atomic E-state index is 10.5. The number of rotatable bonds is 51. The molecule has 0 saturated carbocycles. The first-order valence-electron chi connectivity index (χ1n) is 26.1. The van der Waals surface area contributed by atoms with Gasteiger partial charge in [-0.15, -0.1) is 0 Å². The van der Waals surface area contributed by atoms with Crippen molar-refractivity contribution in [2.75, 3.05) is 0 Å². The molecule has 0 bridgehead atoms. The van der Waals surface area contributed by atoms with Gasteiger partial charge in [-0.25, -0.2) is 0 Å². The molecule has 0 aromatic heterocycles. The molecule has 0 aliphatic carbocycles. The SMILES string of the molecule is O=C(O)CCCCCCCCCCCCCCCCCCCCCCCCCCCCCCCCCCCCCCCCCCCCCCCCCCC(=O)O. The van der Waals surface area contributed by atoms with Crippen molar-refractivity contribution < 1.29 is 19.8 Å². The lowest BCUT2D eigenvalue weighted by atomic mass is 10.0. The smallest absolute Gasteiger partial charge is 0.303 e. The van der Waals surface area contributed by atoms with Crippen molar-refractivity contribution in [3.8, 4) is 0 Å². The van der Waals surface area contributed by atoms with Crippen LogP contribution in [0.25, 0.3) is 0 Å². The van der Waals surface area contributed by atoms with Crippen molar-refractivity contribution in [1.82, 2.24) is 0 Å². The first-order chi connectivity index (χ1) is 27.6. The van der Waals surface area contributed by atoms with E-state index in [9.17, 15) is 9.59 Å². The molecule has 0 fully saturated rings. The number of carboxylic acid groups (broad SMARTS) is 2. The predicted octanol–water partition coefficient (Wildman–Crippen LogP) is 18.7. The number of hydrogen-bond acceptors (Lipinski definition) is 2. The first-order valence-corrected chi connectivity index (χ1v) is 26.1. The molecule has 0 heterocycles. The molecule has 2 N–H and O–H groups in total. The molecule has 56 heavy (non-hydrogen) atoms. The highest BCUT2D eigenvalue weighted by atomic mass is 16.4. The Balaban J connectivity index is 3.06. The fourth-order valence-electron chi connectivity index (χ4n) is 8.68. The lowest BCUT2D eigenvalue weighted by molar-refractivity contribution is -0.138. The molecular formula is C52H102O4. The fourth-order valence-corrected chi connectivity index (χ4v) is 8.68.